The Balaban J connectivity index is 2.06. The van der Waals surface area contributed by atoms with Gasteiger partial charge in [-0.15, -0.1) is 0 Å². The first-order valence-corrected chi connectivity index (χ1v) is 8.18. The van der Waals surface area contributed by atoms with Crippen LogP contribution in [0.5, 0.6) is 0 Å². The molecular formula is C20H22ClNO. The number of nitrogens with one attached hydrogen (secondary N) is 1. The summed E-state index contributed by atoms with van der Waals surface area (Å²) in [5.41, 5.74) is 4.56. The number of hydrogen-bond donors (Lipinski definition) is 1. The largest absolute Gasteiger partial charge is 0.346 e. The topological polar surface area (TPSA) is 29.1 Å². The molecule has 0 saturated heterocycles. The molecule has 2 nitrogen and oxygen atoms in total. The Hall–Kier alpha value is -2.06. The second-order valence-electron chi connectivity index (χ2n) is 5.71. The van der Waals surface area contributed by atoms with Gasteiger partial charge in [0.2, 0.25) is 5.91 Å². The fourth-order valence-electron chi connectivity index (χ4n) is 2.58. The molecule has 0 aliphatic rings. The van der Waals surface area contributed by atoms with Crippen LogP contribution in [0.1, 0.15) is 41.6 Å². The molecule has 23 heavy (non-hydrogen) atoms. The van der Waals surface area contributed by atoms with Crippen LogP contribution in [0.3, 0.4) is 0 Å². The number of hydrogen-bond acceptors (Lipinski definition) is 1. The Morgan fingerprint density at radius 2 is 1.87 bits per heavy atom. The third-order valence-corrected chi connectivity index (χ3v) is 4.07. The highest BCUT2D eigenvalue weighted by Gasteiger charge is 2.13. The first kappa shape index (κ1) is 17.3. The van der Waals surface area contributed by atoms with Crippen LogP contribution in [-0.2, 0) is 4.79 Å². The number of benzene rings is 2. The maximum atomic E-state index is 12.2. The van der Waals surface area contributed by atoms with Crippen molar-refractivity contribution in [3.63, 3.8) is 0 Å². The maximum Gasteiger partial charge on any atom is 0.244 e. The van der Waals surface area contributed by atoms with Crippen LogP contribution in [-0.4, -0.2) is 5.91 Å². The van der Waals surface area contributed by atoms with E-state index in [-0.39, 0.29) is 11.9 Å². The van der Waals surface area contributed by atoms with E-state index >= 15 is 0 Å². The number of aryl methyl sites for hydroxylation is 2. The van der Waals surface area contributed by atoms with Gasteiger partial charge < -0.3 is 5.32 Å². The number of carbonyl (C=O) groups excluding carboxylic acids is 1. The zero-order chi connectivity index (χ0) is 16.8. The van der Waals surface area contributed by atoms with Gasteiger partial charge in [-0.2, -0.15) is 0 Å². The van der Waals surface area contributed by atoms with Gasteiger partial charge in [0.25, 0.3) is 0 Å². The Bertz CT molecular complexity index is 704. The highest BCUT2D eigenvalue weighted by Crippen LogP contribution is 2.21. The van der Waals surface area contributed by atoms with Gasteiger partial charge in [0.1, 0.15) is 0 Å². The Morgan fingerprint density at radius 1 is 1.17 bits per heavy atom. The molecule has 0 bridgehead atoms. The van der Waals surface area contributed by atoms with Crippen molar-refractivity contribution in [3.8, 4) is 0 Å². The monoisotopic (exact) mass is 327 g/mol. The number of halogens is 1. The van der Waals surface area contributed by atoms with Gasteiger partial charge in [-0.25, -0.2) is 0 Å². The second kappa shape index (κ2) is 7.98. The summed E-state index contributed by atoms with van der Waals surface area (Å²) in [7, 11) is 0. The van der Waals surface area contributed by atoms with Crippen molar-refractivity contribution in [1.82, 2.24) is 5.32 Å². The summed E-state index contributed by atoms with van der Waals surface area (Å²) in [6.07, 6.45) is 4.21. The summed E-state index contributed by atoms with van der Waals surface area (Å²) in [4.78, 5) is 12.2. The average Bonchev–Trinajstić information content (AvgIpc) is 2.52. The van der Waals surface area contributed by atoms with E-state index < -0.39 is 0 Å². The van der Waals surface area contributed by atoms with Crippen LogP contribution in [0.2, 0.25) is 5.02 Å². The molecule has 2 rings (SSSR count). The third-order valence-electron chi connectivity index (χ3n) is 3.82. The quantitative estimate of drug-likeness (QED) is 0.748. The summed E-state index contributed by atoms with van der Waals surface area (Å²) < 4.78 is 0. The summed E-state index contributed by atoms with van der Waals surface area (Å²) in [5.74, 6) is -0.0909. The molecule has 0 radical (unpaired) electrons. The van der Waals surface area contributed by atoms with Crippen LogP contribution in [0.4, 0.5) is 0 Å². The number of amides is 1. The minimum absolute atomic E-state index is 0.0259. The smallest absolute Gasteiger partial charge is 0.244 e. The van der Waals surface area contributed by atoms with Crippen LogP contribution in [0.25, 0.3) is 6.08 Å². The lowest BCUT2D eigenvalue weighted by Crippen LogP contribution is -2.26. The SMILES string of the molecule is CC[C@@H](NC(=O)/C=C/c1ccc(Cl)cc1)c1ccc(C)cc1C. The highest BCUT2D eigenvalue weighted by atomic mass is 35.5. The Morgan fingerprint density at radius 3 is 2.48 bits per heavy atom. The van der Waals surface area contributed by atoms with Crippen molar-refractivity contribution >= 4 is 23.6 Å². The molecule has 0 aliphatic carbocycles. The van der Waals surface area contributed by atoms with E-state index in [2.05, 4.69) is 44.3 Å². The minimum atomic E-state index is -0.0909. The van der Waals surface area contributed by atoms with Gasteiger partial charge in [-0.3, -0.25) is 4.79 Å². The van der Waals surface area contributed by atoms with E-state index in [0.29, 0.717) is 5.02 Å². The summed E-state index contributed by atoms with van der Waals surface area (Å²) >= 11 is 5.85. The van der Waals surface area contributed by atoms with Gasteiger partial charge in [0.05, 0.1) is 6.04 Å². The molecule has 0 fully saturated rings. The van der Waals surface area contributed by atoms with Crippen LogP contribution >= 0.6 is 11.6 Å². The van der Waals surface area contributed by atoms with Gasteiger partial charge in [0.15, 0.2) is 0 Å². The molecule has 0 heterocycles. The van der Waals surface area contributed by atoms with Crippen molar-refractivity contribution < 1.29 is 4.79 Å². The fraction of sp³-hybridized carbons (Fsp3) is 0.250. The molecule has 1 atom stereocenters. The molecule has 0 aliphatic heterocycles. The van der Waals surface area contributed by atoms with Crippen LogP contribution in [0.15, 0.2) is 48.5 Å². The van der Waals surface area contributed by atoms with E-state index in [0.717, 1.165) is 12.0 Å². The predicted octanol–water partition coefficient (Wildman–Crippen LogP) is 5.24. The zero-order valence-electron chi connectivity index (χ0n) is 13.8. The van der Waals surface area contributed by atoms with E-state index in [9.17, 15) is 4.79 Å². The second-order valence-corrected chi connectivity index (χ2v) is 6.15. The Kier molecular flexibility index (Phi) is 6.00. The first-order valence-electron chi connectivity index (χ1n) is 7.81. The third kappa shape index (κ3) is 4.97. The summed E-state index contributed by atoms with van der Waals surface area (Å²) in [6.45, 7) is 6.24. The molecule has 0 spiro atoms. The lowest BCUT2D eigenvalue weighted by molar-refractivity contribution is -0.117. The van der Waals surface area contributed by atoms with Gasteiger partial charge in [0, 0.05) is 11.1 Å². The van der Waals surface area contributed by atoms with E-state index in [1.54, 1.807) is 12.2 Å². The van der Waals surface area contributed by atoms with E-state index in [1.807, 2.05) is 24.3 Å². The zero-order valence-corrected chi connectivity index (χ0v) is 14.5. The summed E-state index contributed by atoms with van der Waals surface area (Å²) in [6, 6.07) is 13.7. The summed E-state index contributed by atoms with van der Waals surface area (Å²) in [5, 5.41) is 3.76. The van der Waals surface area contributed by atoms with Crippen molar-refractivity contribution in [2.45, 2.75) is 33.2 Å². The molecular weight excluding hydrogens is 306 g/mol. The van der Waals surface area contributed by atoms with Crippen LogP contribution in [0, 0.1) is 13.8 Å². The molecule has 2 aromatic rings. The molecule has 1 amide bonds. The number of rotatable bonds is 5. The molecule has 0 unspecified atom stereocenters. The predicted molar refractivity (Wildman–Crippen MR) is 97.6 cm³/mol. The van der Waals surface area contributed by atoms with Crippen LogP contribution < -0.4 is 5.32 Å². The average molecular weight is 328 g/mol. The maximum absolute atomic E-state index is 12.2. The lowest BCUT2D eigenvalue weighted by Gasteiger charge is -2.19. The molecule has 1 N–H and O–H groups in total. The molecule has 120 valence electrons. The van der Waals surface area contributed by atoms with Gasteiger partial charge in [-0.05, 0) is 55.2 Å². The van der Waals surface area contributed by atoms with E-state index in [1.165, 1.54) is 16.7 Å². The lowest BCUT2D eigenvalue weighted by atomic mass is 9.97. The molecule has 3 heteroatoms. The van der Waals surface area contributed by atoms with Crippen molar-refractivity contribution in [2.24, 2.45) is 0 Å². The molecule has 0 aromatic heterocycles. The minimum Gasteiger partial charge on any atom is -0.346 e. The highest BCUT2D eigenvalue weighted by molar-refractivity contribution is 6.30. The molecule has 0 saturated carbocycles. The fourth-order valence-corrected chi connectivity index (χ4v) is 2.71. The van der Waals surface area contributed by atoms with Crippen molar-refractivity contribution in [1.29, 1.82) is 0 Å². The number of carbonyl (C=O) groups is 1. The van der Waals surface area contributed by atoms with Crippen molar-refractivity contribution in [3.05, 3.63) is 75.8 Å². The molecule has 2 aromatic carbocycles. The van der Waals surface area contributed by atoms with E-state index in [4.69, 9.17) is 11.6 Å². The standard InChI is InChI=1S/C20H22ClNO/c1-4-19(18-11-5-14(2)13-15(18)3)22-20(23)12-8-16-6-9-17(21)10-7-16/h5-13,19H,4H2,1-3H3,(H,22,23)/b12-8+/t19-/m1/s1. The van der Waals surface area contributed by atoms with Gasteiger partial charge >= 0.3 is 0 Å². The Labute approximate surface area is 143 Å². The van der Waals surface area contributed by atoms with Gasteiger partial charge in [-0.1, -0.05) is 54.4 Å². The van der Waals surface area contributed by atoms with Crippen molar-refractivity contribution in [2.75, 3.05) is 0 Å². The first-order chi connectivity index (χ1) is 11.0. The normalized spacial score (nSPS) is 12.3.